The van der Waals surface area contributed by atoms with Gasteiger partial charge in [0.15, 0.2) is 17.5 Å². The van der Waals surface area contributed by atoms with Crippen LogP contribution in [0.3, 0.4) is 0 Å². The van der Waals surface area contributed by atoms with Gasteiger partial charge in [0.1, 0.15) is 0 Å². The van der Waals surface area contributed by atoms with Crippen LogP contribution in [0.2, 0.25) is 0 Å². The third-order valence-electron chi connectivity index (χ3n) is 4.62. The summed E-state index contributed by atoms with van der Waals surface area (Å²) >= 11 is 0. The van der Waals surface area contributed by atoms with Crippen molar-refractivity contribution in [3.05, 3.63) is 23.8 Å². The van der Waals surface area contributed by atoms with Crippen LogP contribution < -0.4 is 20.1 Å². The number of guanidine groups is 1. The average molecular weight is 364 g/mol. The summed E-state index contributed by atoms with van der Waals surface area (Å²) in [6.07, 6.45) is 2.53. The first-order chi connectivity index (χ1) is 12.6. The Morgan fingerprint density at radius 2 is 2.04 bits per heavy atom. The molecular formula is C19H32N4O3. The van der Waals surface area contributed by atoms with E-state index >= 15 is 0 Å². The summed E-state index contributed by atoms with van der Waals surface area (Å²) in [6.45, 7) is 2.36. The predicted octanol–water partition coefficient (Wildman–Crippen LogP) is 1.65. The molecule has 1 aromatic rings. The molecule has 1 heterocycles. The van der Waals surface area contributed by atoms with E-state index in [4.69, 9.17) is 14.2 Å². The van der Waals surface area contributed by atoms with Crippen molar-refractivity contribution in [3.8, 4) is 11.5 Å². The largest absolute Gasteiger partial charge is 0.493 e. The van der Waals surface area contributed by atoms with Crippen LogP contribution in [-0.4, -0.2) is 72.0 Å². The SMILES string of the molecule is CN=C(NCC1CCCO1)NCC(c1ccc(OC)c(OC)c1)N(C)C. The first-order valence-corrected chi connectivity index (χ1v) is 9.03. The second-order valence-corrected chi connectivity index (χ2v) is 6.56. The Bertz CT molecular complexity index is 586. The lowest BCUT2D eigenvalue weighted by atomic mass is 10.1. The molecule has 7 nitrogen and oxygen atoms in total. The van der Waals surface area contributed by atoms with Crippen molar-refractivity contribution in [2.24, 2.45) is 4.99 Å². The molecule has 0 spiro atoms. The number of nitrogens with one attached hydrogen (secondary N) is 2. The van der Waals surface area contributed by atoms with Crippen LogP contribution in [0, 0.1) is 0 Å². The van der Waals surface area contributed by atoms with Gasteiger partial charge in [-0.3, -0.25) is 4.99 Å². The number of likely N-dealkylation sites (N-methyl/N-ethyl adjacent to an activating group) is 1. The molecule has 2 unspecified atom stereocenters. The minimum absolute atomic E-state index is 0.163. The van der Waals surface area contributed by atoms with Crippen molar-refractivity contribution in [3.63, 3.8) is 0 Å². The molecule has 2 N–H and O–H groups in total. The minimum Gasteiger partial charge on any atom is -0.493 e. The standard InChI is InChI=1S/C19H32N4O3/c1-20-19(21-12-15-7-6-10-26-15)22-13-16(23(2)3)14-8-9-17(24-4)18(11-14)25-5/h8-9,11,15-16H,6-7,10,12-13H2,1-5H3,(H2,20,21,22). The summed E-state index contributed by atoms with van der Waals surface area (Å²) in [5.74, 6) is 2.25. The Kier molecular flexibility index (Phi) is 8.00. The van der Waals surface area contributed by atoms with E-state index in [2.05, 4.69) is 40.7 Å². The lowest BCUT2D eigenvalue weighted by Crippen LogP contribution is -2.44. The average Bonchev–Trinajstić information content (AvgIpc) is 3.17. The molecule has 1 fully saturated rings. The van der Waals surface area contributed by atoms with Gasteiger partial charge in [-0.2, -0.15) is 0 Å². The van der Waals surface area contributed by atoms with Gasteiger partial charge in [0.05, 0.1) is 26.4 Å². The van der Waals surface area contributed by atoms with Crippen molar-refractivity contribution in [2.45, 2.75) is 25.0 Å². The van der Waals surface area contributed by atoms with Crippen molar-refractivity contribution >= 4 is 5.96 Å². The highest BCUT2D eigenvalue weighted by atomic mass is 16.5. The number of hydrogen-bond donors (Lipinski definition) is 2. The van der Waals surface area contributed by atoms with E-state index in [1.54, 1.807) is 21.3 Å². The van der Waals surface area contributed by atoms with Gasteiger partial charge < -0.3 is 29.7 Å². The molecule has 1 saturated heterocycles. The van der Waals surface area contributed by atoms with Crippen LogP contribution in [0.15, 0.2) is 23.2 Å². The normalized spacial score (nSPS) is 18.7. The maximum atomic E-state index is 5.65. The van der Waals surface area contributed by atoms with E-state index < -0.39 is 0 Å². The zero-order valence-corrected chi connectivity index (χ0v) is 16.5. The van der Waals surface area contributed by atoms with Crippen molar-refractivity contribution < 1.29 is 14.2 Å². The van der Waals surface area contributed by atoms with Crippen LogP contribution in [0.1, 0.15) is 24.4 Å². The molecule has 7 heteroatoms. The minimum atomic E-state index is 0.163. The molecule has 2 rings (SSSR count). The van der Waals surface area contributed by atoms with E-state index in [0.29, 0.717) is 6.54 Å². The molecule has 0 bridgehead atoms. The zero-order chi connectivity index (χ0) is 18.9. The summed E-state index contributed by atoms with van der Waals surface area (Å²) in [4.78, 5) is 6.48. The molecular weight excluding hydrogens is 332 g/mol. The fourth-order valence-corrected chi connectivity index (χ4v) is 3.09. The van der Waals surface area contributed by atoms with Crippen molar-refractivity contribution in [1.29, 1.82) is 0 Å². The maximum Gasteiger partial charge on any atom is 0.191 e. The van der Waals surface area contributed by atoms with Gasteiger partial charge in [-0.1, -0.05) is 6.07 Å². The number of ether oxygens (including phenoxy) is 3. The molecule has 1 aromatic carbocycles. The van der Waals surface area contributed by atoms with E-state index in [-0.39, 0.29) is 12.1 Å². The fourth-order valence-electron chi connectivity index (χ4n) is 3.09. The first-order valence-electron chi connectivity index (χ1n) is 9.03. The summed E-state index contributed by atoms with van der Waals surface area (Å²) < 4.78 is 16.4. The Balaban J connectivity index is 1.98. The van der Waals surface area contributed by atoms with E-state index in [1.807, 2.05) is 12.1 Å². The van der Waals surface area contributed by atoms with E-state index in [9.17, 15) is 0 Å². The van der Waals surface area contributed by atoms with Crippen LogP contribution in [0.5, 0.6) is 11.5 Å². The summed E-state index contributed by atoms with van der Waals surface area (Å²) in [7, 11) is 9.21. The molecule has 0 radical (unpaired) electrons. The fraction of sp³-hybridized carbons (Fsp3) is 0.632. The Hall–Kier alpha value is -1.99. The predicted molar refractivity (Wildman–Crippen MR) is 104 cm³/mol. The van der Waals surface area contributed by atoms with Gasteiger partial charge in [-0.25, -0.2) is 0 Å². The first kappa shape index (κ1) is 20.3. The van der Waals surface area contributed by atoms with E-state index in [0.717, 1.165) is 49.0 Å². The van der Waals surface area contributed by atoms with Crippen LogP contribution in [0.4, 0.5) is 0 Å². The molecule has 2 atom stereocenters. The van der Waals surface area contributed by atoms with Crippen LogP contribution in [0.25, 0.3) is 0 Å². The smallest absolute Gasteiger partial charge is 0.191 e. The summed E-state index contributed by atoms with van der Waals surface area (Å²) in [5, 5.41) is 6.76. The van der Waals surface area contributed by atoms with Gasteiger partial charge in [-0.05, 0) is 44.6 Å². The highest BCUT2D eigenvalue weighted by Crippen LogP contribution is 2.31. The lowest BCUT2D eigenvalue weighted by Gasteiger charge is -2.27. The van der Waals surface area contributed by atoms with Crippen LogP contribution in [-0.2, 0) is 4.74 Å². The molecule has 0 aromatic heterocycles. The quantitative estimate of drug-likeness (QED) is 0.540. The molecule has 0 saturated carbocycles. The summed E-state index contributed by atoms with van der Waals surface area (Å²) in [6, 6.07) is 6.19. The lowest BCUT2D eigenvalue weighted by molar-refractivity contribution is 0.113. The zero-order valence-electron chi connectivity index (χ0n) is 16.5. The van der Waals surface area contributed by atoms with Gasteiger partial charge in [0.2, 0.25) is 0 Å². The maximum absolute atomic E-state index is 5.65. The Morgan fingerprint density at radius 3 is 2.62 bits per heavy atom. The third-order valence-corrected chi connectivity index (χ3v) is 4.62. The molecule has 1 aliphatic heterocycles. The highest BCUT2D eigenvalue weighted by molar-refractivity contribution is 5.79. The monoisotopic (exact) mass is 364 g/mol. The molecule has 0 aliphatic carbocycles. The number of rotatable bonds is 8. The molecule has 146 valence electrons. The molecule has 0 amide bonds. The van der Waals surface area contributed by atoms with E-state index in [1.165, 1.54) is 0 Å². The number of aliphatic imine (C=N–C) groups is 1. The summed E-state index contributed by atoms with van der Waals surface area (Å²) in [5.41, 5.74) is 1.15. The van der Waals surface area contributed by atoms with Gasteiger partial charge >= 0.3 is 0 Å². The topological polar surface area (TPSA) is 67.4 Å². The second kappa shape index (κ2) is 10.2. The number of hydrogen-bond acceptors (Lipinski definition) is 5. The molecule has 26 heavy (non-hydrogen) atoms. The highest BCUT2D eigenvalue weighted by Gasteiger charge is 2.18. The number of methoxy groups -OCH3 is 2. The molecule has 1 aliphatic rings. The van der Waals surface area contributed by atoms with Crippen molar-refractivity contribution in [2.75, 3.05) is 55.1 Å². The third kappa shape index (κ3) is 5.51. The van der Waals surface area contributed by atoms with Crippen molar-refractivity contribution in [1.82, 2.24) is 15.5 Å². The number of nitrogens with zero attached hydrogens (tertiary/aromatic N) is 2. The van der Waals surface area contributed by atoms with Gasteiger partial charge in [0.25, 0.3) is 0 Å². The Labute approximate surface area is 156 Å². The van der Waals surface area contributed by atoms with Gasteiger partial charge in [-0.15, -0.1) is 0 Å². The second-order valence-electron chi connectivity index (χ2n) is 6.56. The Morgan fingerprint density at radius 1 is 1.27 bits per heavy atom. The van der Waals surface area contributed by atoms with Crippen LogP contribution >= 0.6 is 0 Å². The van der Waals surface area contributed by atoms with Gasteiger partial charge in [0, 0.05) is 26.7 Å². The number of benzene rings is 1.